The van der Waals surface area contributed by atoms with Crippen molar-refractivity contribution >= 4 is 22.7 Å². The van der Waals surface area contributed by atoms with Crippen LogP contribution in [0.15, 0.2) is 18.6 Å². The molecule has 124 valence electrons. The van der Waals surface area contributed by atoms with E-state index in [1.165, 1.54) is 0 Å². The van der Waals surface area contributed by atoms with Crippen LogP contribution in [0.3, 0.4) is 0 Å². The van der Waals surface area contributed by atoms with Gasteiger partial charge in [0.1, 0.15) is 23.8 Å². The predicted octanol–water partition coefficient (Wildman–Crippen LogP) is 1.84. The highest BCUT2D eigenvalue weighted by Gasteiger charge is 2.21. The number of rotatable bonds is 3. The number of anilines is 2. The van der Waals surface area contributed by atoms with E-state index in [0.717, 1.165) is 60.1 Å². The van der Waals surface area contributed by atoms with Crippen LogP contribution in [0.4, 0.5) is 11.6 Å². The molecule has 0 atom stereocenters. The number of aromatic nitrogens is 6. The van der Waals surface area contributed by atoms with Gasteiger partial charge in [0, 0.05) is 30.9 Å². The minimum absolute atomic E-state index is 0.387. The average molecular weight is 324 g/mol. The molecule has 3 aromatic rings. The van der Waals surface area contributed by atoms with E-state index in [0.29, 0.717) is 6.04 Å². The molecule has 0 aliphatic carbocycles. The lowest BCUT2D eigenvalue weighted by Gasteiger charge is -2.33. The highest BCUT2D eigenvalue weighted by atomic mass is 15.2. The van der Waals surface area contributed by atoms with Gasteiger partial charge in [-0.25, -0.2) is 19.9 Å². The van der Waals surface area contributed by atoms with Gasteiger partial charge < -0.3 is 10.2 Å². The molecule has 1 aliphatic rings. The molecule has 2 N–H and O–H groups in total. The number of piperidine rings is 1. The molecule has 1 aliphatic heterocycles. The van der Waals surface area contributed by atoms with Gasteiger partial charge in [0.05, 0.1) is 11.6 Å². The molecule has 0 unspecified atom stereocenters. The Labute approximate surface area is 139 Å². The molecule has 1 fully saturated rings. The fourth-order valence-corrected chi connectivity index (χ4v) is 3.19. The van der Waals surface area contributed by atoms with Gasteiger partial charge in [0.15, 0.2) is 5.65 Å². The summed E-state index contributed by atoms with van der Waals surface area (Å²) in [5.41, 5.74) is 1.78. The summed E-state index contributed by atoms with van der Waals surface area (Å²) in [7, 11) is 0. The summed E-state index contributed by atoms with van der Waals surface area (Å²) in [4.78, 5) is 19.8. The maximum atomic E-state index is 4.56. The third kappa shape index (κ3) is 2.86. The first kappa shape index (κ1) is 14.8. The molecule has 3 aromatic heterocycles. The normalized spacial score (nSPS) is 15.8. The SMILES string of the molecule is Cc1cc(N2CCC(Nc3ncnc4[nH]ncc34)CC2)nc(C)n1. The Morgan fingerprint density at radius 3 is 2.79 bits per heavy atom. The molecule has 0 bridgehead atoms. The van der Waals surface area contributed by atoms with E-state index in [1.54, 1.807) is 12.5 Å². The number of nitrogens with one attached hydrogen (secondary N) is 2. The summed E-state index contributed by atoms with van der Waals surface area (Å²) in [5, 5.41) is 11.4. The maximum Gasteiger partial charge on any atom is 0.160 e. The quantitative estimate of drug-likeness (QED) is 0.759. The summed E-state index contributed by atoms with van der Waals surface area (Å²) in [6.45, 7) is 5.88. The van der Waals surface area contributed by atoms with E-state index in [1.807, 2.05) is 13.8 Å². The van der Waals surface area contributed by atoms with E-state index >= 15 is 0 Å². The molecular weight excluding hydrogens is 304 g/mol. The minimum Gasteiger partial charge on any atom is -0.366 e. The van der Waals surface area contributed by atoms with Gasteiger partial charge in [-0.05, 0) is 26.7 Å². The Hall–Kier alpha value is -2.77. The van der Waals surface area contributed by atoms with Gasteiger partial charge in [-0.3, -0.25) is 5.10 Å². The van der Waals surface area contributed by atoms with Gasteiger partial charge in [0.2, 0.25) is 0 Å². The lowest BCUT2D eigenvalue weighted by atomic mass is 10.0. The fourth-order valence-electron chi connectivity index (χ4n) is 3.19. The minimum atomic E-state index is 0.387. The highest BCUT2D eigenvalue weighted by molar-refractivity contribution is 5.85. The Bertz CT molecular complexity index is 830. The molecule has 8 heteroatoms. The highest BCUT2D eigenvalue weighted by Crippen LogP contribution is 2.23. The third-order valence-corrected chi connectivity index (χ3v) is 4.36. The van der Waals surface area contributed by atoms with Crippen LogP contribution < -0.4 is 10.2 Å². The second-order valence-corrected chi connectivity index (χ2v) is 6.17. The number of aryl methyl sites for hydroxylation is 2. The molecule has 0 spiro atoms. The van der Waals surface area contributed by atoms with Gasteiger partial charge >= 0.3 is 0 Å². The van der Waals surface area contributed by atoms with Crippen molar-refractivity contribution < 1.29 is 0 Å². The number of H-pyrrole nitrogens is 1. The zero-order chi connectivity index (χ0) is 16.5. The Balaban J connectivity index is 1.44. The van der Waals surface area contributed by atoms with Crippen molar-refractivity contribution in [2.75, 3.05) is 23.3 Å². The first-order valence-electron chi connectivity index (χ1n) is 8.17. The van der Waals surface area contributed by atoms with Crippen molar-refractivity contribution in [1.29, 1.82) is 0 Å². The molecule has 0 amide bonds. The summed E-state index contributed by atoms with van der Waals surface area (Å²) >= 11 is 0. The number of hydrogen-bond acceptors (Lipinski definition) is 7. The van der Waals surface area contributed by atoms with Crippen molar-refractivity contribution in [1.82, 2.24) is 30.1 Å². The first-order valence-corrected chi connectivity index (χ1v) is 8.17. The second-order valence-electron chi connectivity index (χ2n) is 6.17. The molecule has 8 nitrogen and oxygen atoms in total. The van der Waals surface area contributed by atoms with E-state index in [-0.39, 0.29) is 0 Å². The van der Waals surface area contributed by atoms with Crippen LogP contribution in [0.2, 0.25) is 0 Å². The van der Waals surface area contributed by atoms with E-state index in [4.69, 9.17) is 0 Å². The molecule has 1 saturated heterocycles. The molecule has 24 heavy (non-hydrogen) atoms. The van der Waals surface area contributed by atoms with Crippen molar-refractivity contribution in [2.45, 2.75) is 32.7 Å². The van der Waals surface area contributed by atoms with Crippen molar-refractivity contribution in [3.63, 3.8) is 0 Å². The number of nitrogens with zero attached hydrogens (tertiary/aromatic N) is 6. The summed E-state index contributed by atoms with van der Waals surface area (Å²) in [5.74, 6) is 2.70. The Morgan fingerprint density at radius 1 is 1.17 bits per heavy atom. The lowest BCUT2D eigenvalue weighted by molar-refractivity contribution is 0.522. The van der Waals surface area contributed by atoms with Crippen molar-refractivity contribution in [2.24, 2.45) is 0 Å². The van der Waals surface area contributed by atoms with Crippen LogP contribution in [0.25, 0.3) is 11.0 Å². The molecule has 0 aromatic carbocycles. The molecule has 0 radical (unpaired) electrons. The fraction of sp³-hybridized carbons (Fsp3) is 0.438. The van der Waals surface area contributed by atoms with Crippen LogP contribution in [0.5, 0.6) is 0 Å². The topological polar surface area (TPSA) is 95.5 Å². The van der Waals surface area contributed by atoms with Crippen molar-refractivity contribution in [3.8, 4) is 0 Å². The van der Waals surface area contributed by atoms with Crippen LogP contribution in [0, 0.1) is 13.8 Å². The third-order valence-electron chi connectivity index (χ3n) is 4.36. The molecule has 4 heterocycles. The van der Waals surface area contributed by atoms with Gasteiger partial charge in [0.25, 0.3) is 0 Å². The standard InChI is InChI=1S/C16H20N8/c1-10-7-14(21-11(2)20-10)24-5-3-12(4-6-24)22-15-13-8-19-23-16(13)18-9-17-15/h7-9,12H,3-6H2,1-2H3,(H2,17,18,19,22,23). The van der Waals surface area contributed by atoms with Gasteiger partial charge in [-0.1, -0.05) is 0 Å². The average Bonchev–Trinajstić information content (AvgIpc) is 3.04. The summed E-state index contributed by atoms with van der Waals surface area (Å²) < 4.78 is 0. The van der Waals surface area contributed by atoms with Crippen molar-refractivity contribution in [3.05, 3.63) is 30.1 Å². The first-order chi connectivity index (χ1) is 11.7. The molecule has 4 rings (SSSR count). The van der Waals surface area contributed by atoms with Crippen LogP contribution in [0.1, 0.15) is 24.4 Å². The monoisotopic (exact) mass is 324 g/mol. The summed E-state index contributed by atoms with van der Waals surface area (Å²) in [6, 6.07) is 2.44. The zero-order valence-corrected chi connectivity index (χ0v) is 13.8. The van der Waals surface area contributed by atoms with E-state index in [2.05, 4.69) is 46.4 Å². The van der Waals surface area contributed by atoms with Gasteiger partial charge in [-0.15, -0.1) is 0 Å². The van der Waals surface area contributed by atoms with Crippen LogP contribution in [-0.2, 0) is 0 Å². The number of fused-ring (bicyclic) bond motifs is 1. The molecular formula is C16H20N8. The largest absolute Gasteiger partial charge is 0.366 e. The van der Waals surface area contributed by atoms with E-state index < -0.39 is 0 Å². The molecule has 0 saturated carbocycles. The number of hydrogen-bond donors (Lipinski definition) is 2. The maximum absolute atomic E-state index is 4.56. The Morgan fingerprint density at radius 2 is 2.00 bits per heavy atom. The summed E-state index contributed by atoms with van der Waals surface area (Å²) in [6.07, 6.45) is 5.39. The predicted molar refractivity (Wildman–Crippen MR) is 92.0 cm³/mol. The second kappa shape index (κ2) is 6.03. The van der Waals surface area contributed by atoms with Crippen LogP contribution >= 0.6 is 0 Å². The number of aromatic amines is 1. The van der Waals surface area contributed by atoms with Crippen LogP contribution in [-0.4, -0.2) is 49.3 Å². The smallest absolute Gasteiger partial charge is 0.160 e. The lowest BCUT2D eigenvalue weighted by Crippen LogP contribution is -2.39. The zero-order valence-electron chi connectivity index (χ0n) is 13.8. The van der Waals surface area contributed by atoms with E-state index in [9.17, 15) is 0 Å². The van der Waals surface area contributed by atoms with Gasteiger partial charge in [-0.2, -0.15) is 5.10 Å². The Kier molecular flexibility index (Phi) is 3.72.